The molecule has 0 heterocycles. The molecule has 112 valence electrons. The third-order valence-electron chi connectivity index (χ3n) is 4.12. The second-order valence-electron chi connectivity index (χ2n) is 5.40. The van der Waals surface area contributed by atoms with Gasteiger partial charge in [-0.25, -0.2) is 0 Å². The number of hydrogen-bond acceptors (Lipinski definition) is 3. The number of rotatable bonds is 4. The van der Waals surface area contributed by atoms with Gasteiger partial charge in [0.2, 0.25) is 0 Å². The van der Waals surface area contributed by atoms with Crippen LogP contribution in [0.25, 0.3) is 0 Å². The minimum Gasteiger partial charge on any atom is -0.497 e. The molecular weight excluding hydrogens is 270 g/mol. The average molecular weight is 295 g/mol. The number of benzene rings is 1. The summed E-state index contributed by atoms with van der Waals surface area (Å²) in [7, 11) is 2.66. The first-order valence-electron chi connectivity index (χ1n) is 7.48. The first-order valence-corrected chi connectivity index (χ1v) is 8.69. The Bertz CT molecular complexity index is 450. The van der Waals surface area contributed by atoms with Crippen LogP contribution in [0.5, 0.6) is 5.75 Å². The number of hydrogen-bond donors (Lipinski definition) is 1. The Morgan fingerprint density at radius 2 is 1.95 bits per heavy atom. The Labute approximate surface area is 124 Å². The van der Waals surface area contributed by atoms with Gasteiger partial charge in [0.15, 0.2) is 0 Å². The monoisotopic (exact) mass is 295 g/mol. The third kappa shape index (κ3) is 3.83. The topological polar surface area (TPSA) is 38.3 Å². The van der Waals surface area contributed by atoms with E-state index < -0.39 is 10.8 Å². The summed E-state index contributed by atoms with van der Waals surface area (Å²) in [5.74, 6) is 0.780. The van der Waals surface area contributed by atoms with E-state index in [1.165, 1.54) is 25.7 Å². The molecular formula is C16H25NO2S. The molecule has 20 heavy (non-hydrogen) atoms. The van der Waals surface area contributed by atoms with Crippen molar-refractivity contribution in [1.82, 2.24) is 5.32 Å². The number of ether oxygens (including phenoxy) is 1. The Kier molecular flexibility index (Phi) is 6.05. The highest BCUT2D eigenvalue weighted by atomic mass is 32.2. The van der Waals surface area contributed by atoms with Crippen LogP contribution in [0.1, 0.15) is 38.5 Å². The molecule has 3 unspecified atom stereocenters. The highest BCUT2D eigenvalue weighted by Crippen LogP contribution is 2.26. The lowest BCUT2D eigenvalue weighted by Gasteiger charge is -2.28. The smallest absolute Gasteiger partial charge is 0.120 e. The Balaban J connectivity index is 2.18. The molecule has 1 aliphatic carbocycles. The van der Waals surface area contributed by atoms with Crippen LogP contribution in [-0.2, 0) is 10.8 Å². The SMILES string of the molecule is CNC1CCCCCCC1S(=O)c1cccc(OC)c1. The Morgan fingerprint density at radius 1 is 1.20 bits per heavy atom. The van der Waals surface area contributed by atoms with Crippen LogP contribution in [0.15, 0.2) is 29.2 Å². The van der Waals surface area contributed by atoms with Gasteiger partial charge in [-0.1, -0.05) is 31.7 Å². The minimum absolute atomic E-state index is 0.201. The van der Waals surface area contributed by atoms with Gasteiger partial charge in [0.05, 0.1) is 23.2 Å². The van der Waals surface area contributed by atoms with Gasteiger partial charge in [0.1, 0.15) is 5.75 Å². The van der Waals surface area contributed by atoms with E-state index in [0.717, 1.165) is 23.5 Å². The predicted molar refractivity (Wildman–Crippen MR) is 83.7 cm³/mol. The normalized spacial score (nSPS) is 25.5. The highest BCUT2D eigenvalue weighted by Gasteiger charge is 2.27. The maximum absolute atomic E-state index is 12.9. The molecule has 4 heteroatoms. The highest BCUT2D eigenvalue weighted by molar-refractivity contribution is 7.85. The lowest BCUT2D eigenvalue weighted by Crippen LogP contribution is -2.41. The zero-order valence-electron chi connectivity index (χ0n) is 12.4. The molecule has 3 atom stereocenters. The first kappa shape index (κ1) is 15.5. The summed E-state index contributed by atoms with van der Waals surface area (Å²) in [6.45, 7) is 0. The third-order valence-corrected chi connectivity index (χ3v) is 5.95. The maximum atomic E-state index is 12.9. The molecule has 0 amide bonds. The fourth-order valence-corrected chi connectivity index (χ4v) is 4.68. The quantitative estimate of drug-likeness (QED) is 0.927. The summed E-state index contributed by atoms with van der Waals surface area (Å²) in [5, 5.41) is 3.58. The molecule has 0 aromatic heterocycles. The molecule has 1 aromatic carbocycles. The standard InChI is InChI=1S/C16H25NO2S/c1-17-15-10-5-3-4-6-11-16(15)20(18)14-9-7-8-13(12-14)19-2/h7-9,12,15-17H,3-6,10-11H2,1-2H3. The van der Waals surface area contributed by atoms with E-state index in [2.05, 4.69) is 5.32 Å². The van der Waals surface area contributed by atoms with Crippen molar-refractivity contribution >= 4 is 10.8 Å². The minimum atomic E-state index is -0.973. The van der Waals surface area contributed by atoms with Crippen LogP contribution in [-0.4, -0.2) is 29.7 Å². The van der Waals surface area contributed by atoms with Crippen LogP contribution in [0.4, 0.5) is 0 Å². The fourth-order valence-electron chi connectivity index (χ4n) is 2.94. The van der Waals surface area contributed by atoms with Crippen molar-refractivity contribution in [2.45, 2.75) is 54.7 Å². The van der Waals surface area contributed by atoms with E-state index in [-0.39, 0.29) is 5.25 Å². The summed E-state index contributed by atoms with van der Waals surface area (Å²) >= 11 is 0. The van der Waals surface area contributed by atoms with Crippen molar-refractivity contribution in [3.8, 4) is 5.75 Å². The summed E-state index contributed by atoms with van der Waals surface area (Å²) in [6.07, 6.45) is 7.14. The van der Waals surface area contributed by atoms with E-state index in [9.17, 15) is 4.21 Å². The molecule has 3 nitrogen and oxygen atoms in total. The summed E-state index contributed by atoms with van der Waals surface area (Å²) in [5.41, 5.74) is 0. The predicted octanol–water partition coefficient (Wildman–Crippen LogP) is 3.11. The van der Waals surface area contributed by atoms with Gasteiger partial charge in [-0.05, 0) is 38.1 Å². The summed E-state index contributed by atoms with van der Waals surface area (Å²) < 4.78 is 18.2. The molecule has 0 radical (unpaired) electrons. The van der Waals surface area contributed by atoms with Gasteiger partial charge in [-0.3, -0.25) is 4.21 Å². The van der Waals surface area contributed by atoms with E-state index in [1.54, 1.807) is 7.11 Å². The molecule has 0 aliphatic heterocycles. The lowest BCUT2D eigenvalue weighted by atomic mass is 9.96. The maximum Gasteiger partial charge on any atom is 0.120 e. The van der Waals surface area contributed by atoms with Crippen molar-refractivity contribution in [1.29, 1.82) is 0 Å². The molecule has 1 aromatic rings. The van der Waals surface area contributed by atoms with E-state index >= 15 is 0 Å². The van der Waals surface area contributed by atoms with Gasteiger partial charge in [0.25, 0.3) is 0 Å². The van der Waals surface area contributed by atoms with Gasteiger partial charge >= 0.3 is 0 Å². The molecule has 2 rings (SSSR count). The summed E-state index contributed by atoms with van der Waals surface area (Å²) in [4.78, 5) is 0.884. The first-order chi connectivity index (χ1) is 9.76. The summed E-state index contributed by atoms with van der Waals surface area (Å²) in [6, 6.07) is 8.02. The lowest BCUT2D eigenvalue weighted by molar-refractivity contribution is 0.411. The molecule has 0 bridgehead atoms. The van der Waals surface area contributed by atoms with E-state index in [4.69, 9.17) is 4.74 Å². The van der Waals surface area contributed by atoms with Gasteiger partial charge in [0, 0.05) is 10.9 Å². The van der Waals surface area contributed by atoms with Crippen LogP contribution in [0.3, 0.4) is 0 Å². The second kappa shape index (κ2) is 7.79. The van der Waals surface area contributed by atoms with Gasteiger partial charge in [-0.15, -0.1) is 0 Å². The molecule has 1 aliphatic rings. The second-order valence-corrected chi connectivity index (χ2v) is 7.07. The average Bonchev–Trinajstić information content (AvgIpc) is 2.47. The van der Waals surface area contributed by atoms with Crippen molar-refractivity contribution in [2.75, 3.05) is 14.2 Å². The van der Waals surface area contributed by atoms with Crippen LogP contribution in [0.2, 0.25) is 0 Å². The molecule has 0 saturated heterocycles. The molecule has 0 spiro atoms. The zero-order chi connectivity index (χ0) is 14.4. The van der Waals surface area contributed by atoms with Crippen molar-refractivity contribution in [3.63, 3.8) is 0 Å². The van der Waals surface area contributed by atoms with Crippen LogP contribution in [0, 0.1) is 0 Å². The van der Waals surface area contributed by atoms with E-state index in [0.29, 0.717) is 6.04 Å². The number of methoxy groups -OCH3 is 1. The van der Waals surface area contributed by atoms with Crippen molar-refractivity contribution in [3.05, 3.63) is 24.3 Å². The van der Waals surface area contributed by atoms with Gasteiger partial charge in [-0.2, -0.15) is 0 Å². The van der Waals surface area contributed by atoms with Crippen molar-refractivity contribution < 1.29 is 8.95 Å². The fraction of sp³-hybridized carbons (Fsp3) is 0.625. The molecule has 1 N–H and O–H groups in total. The molecule has 1 fully saturated rings. The van der Waals surface area contributed by atoms with Crippen LogP contribution < -0.4 is 10.1 Å². The van der Waals surface area contributed by atoms with E-state index in [1.807, 2.05) is 31.3 Å². The van der Waals surface area contributed by atoms with Gasteiger partial charge < -0.3 is 10.1 Å². The van der Waals surface area contributed by atoms with Crippen molar-refractivity contribution in [2.24, 2.45) is 0 Å². The zero-order valence-corrected chi connectivity index (χ0v) is 13.2. The van der Waals surface area contributed by atoms with Crippen LogP contribution >= 0.6 is 0 Å². The molecule has 1 saturated carbocycles. The Hall–Kier alpha value is -0.870. The number of nitrogens with one attached hydrogen (secondary N) is 1. The largest absolute Gasteiger partial charge is 0.497 e. The Morgan fingerprint density at radius 3 is 2.65 bits per heavy atom.